The molecule has 0 radical (unpaired) electrons. The minimum atomic E-state index is -1.61. The molecule has 7 atom stereocenters. The summed E-state index contributed by atoms with van der Waals surface area (Å²) in [7, 11) is 0. The van der Waals surface area contributed by atoms with Crippen molar-refractivity contribution in [3.8, 4) is 0 Å². The Morgan fingerprint density at radius 1 is 0.852 bits per heavy atom. The molecule has 7 amide bonds. The number of aromatic amines is 1. The maximum Gasteiger partial charge on any atom is 0.326 e. The highest BCUT2D eigenvalue weighted by Gasteiger charge is 2.39. The average molecular weight is 873 g/mol. The number of guanidine groups is 1. The van der Waals surface area contributed by atoms with Crippen molar-refractivity contribution in [1.82, 2.24) is 36.5 Å². The first-order valence-electron chi connectivity index (χ1n) is 20.1. The Morgan fingerprint density at radius 3 is 2.07 bits per heavy atom. The second kappa shape index (κ2) is 23.2. The van der Waals surface area contributed by atoms with E-state index in [1.54, 1.807) is 33.9 Å². The number of carbonyl (C=O) groups is 8. The molecule has 1 fully saturated rings. The molecule has 1 aliphatic heterocycles. The van der Waals surface area contributed by atoms with Gasteiger partial charge in [-0.25, -0.2) is 4.79 Å². The molecule has 0 aliphatic carbocycles. The molecule has 3 rings (SSSR count). The number of hydrogen-bond donors (Lipinski definition) is 12. The summed E-state index contributed by atoms with van der Waals surface area (Å²) in [6.45, 7) is 6.75. The van der Waals surface area contributed by atoms with Gasteiger partial charge in [-0.15, -0.1) is 0 Å². The Hall–Kier alpha value is -5.90. The van der Waals surface area contributed by atoms with E-state index in [2.05, 4.69) is 49.2 Å². The number of benzene rings is 1. The highest BCUT2D eigenvalue weighted by Crippen LogP contribution is 2.22. The Labute approximate surface area is 359 Å². The molecule has 336 valence electrons. The predicted octanol–water partition coefficient (Wildman–Crippen LogP) is -2.29. The molecule has 1 aliphatic rings. The lowest BCUT2D eigenvalue weighted by atomic mass is 9.99. The van der Waals surface area contributed by atoms with Gasteiger partial charge in [0.05, 0.1) is 12.5 Å². The summed E-state index contributed by atoms with van der Waals surface area (Å²) in [5.74, 6) is -8.10. The summed E-state index contributed by atoms with van der Waals surface area (Å²) >= 11 is 4.12. The van der Waals surface area contributed by atoms with E-state index in [0.717, 1.165) is 10.9 Å². The van der Waals surface area contributed by atoms with E-state index in [1.807, 2.05) is 24.3 Å². The van der Waals surface area contributed by atoms with Gasteiger partial charge < -0.3 is 64.5 Å². The summed E-state index contributed by atoms with van der Waals surface area (Å²) in [5.41, 5.74) is 23.7. The van der Waals surface area contributed by atoms with E-state index in [9.17, 15) is 43.5 Å². The number of aromatic nitrogens is 1. The lowest BCUT2D eigenvalue weighted by molar-refractivity contribution is -0.143. The number of likely N-dealkylation sites (tertiary alicyclic amines) is 1. The number of rotatable bonds is 23. The van der Waals surface area contributed by atoms with Crippen molar-refractivity contribution in [2.75, 3.05) is 18.8 Å². The fourth-order valence-electron chi connectivity index (χ4n) is 6.86. The van der Waals surface area contributed by atoms with Crippen LogP contribution in [0.15, 0.2) is 35.5 Å². The van der Waals surface area contributed by atoms with Crippen LogP contribution in [-0.2, 0) is 44.8 Å². The summed E-state index contributed by atoms with van der Waals surface area (Å²) in [6.07, 6.45) is 1.93. The summed E-state index contributed by atoms with van der Waals surface area (Å²) in [4.78, 5) is 114. The first kappa shape index (κ1) is 49.5. The third-order valence-electron chi connectivity index (χ3n) is 10.2. The topological polar surface area (TPSA) is 352 Å². The number of fused-ring (bicyclic) bond motifs is 1. The van der Waals surface area contributed by atoms with E-state index < -0.39 is 108 Å². The summed E-state index contributed by atoms with van der Waals surface area (Å²) in [5, 5.41) is 23.3. The average Bonchev–Trinajstić information content (AvgIpc) is 3.86. The van der Waals surface area contributed by atoms with Crippen LogP contribution in [0.1, 0.15) is 65.4 Å². The van der Waals surface area contributed by atoms with Crippen molar-refractivity contribution in [3.63, 3.8) is 0 Å². The van der Waals surface area contributed by atoms with Crippen LogP contribution < -0.4 is 49.5 Å². The van der Waals surface area contributed by atoms with Crippen LogP contribution in [0.25, 0.3) is 10.9 Å². The second-order valence-corrected chi connectivity index (χ2v) is 16.0. The zero-order valence-electron chi connectivity index (χ0n) is 34.8. The van der Waals surface area contributed by atoms with Crippen LogP contribution in [0.3, 0.4) is 0 Å². The number of nitrogens with two attached hydrogens (primary N) is 4. The first-order chi connectivity index (χ1) is 28.7. The fraction of sp³-hybridized carbons (Fsp3) is 0.564. The number of amides is 7. The molecular formula is C39H60N12O9S. The van der Waals surface area contributed by atoms with Gasteiger partial charge in [-0.05, 0) is 49.1 Å². The molecule has 0 spiro atoms. The molecule has 1 saturated heterocycles. The number of primary amides is 1. The summed E-state index contributed by atoms with van der Waals surface area (Å²) < 4.78 is 0. The number of aliphatic imine (C=N–C) groups is 1. The van der Waals surface area contributed by atoms with Gasteiger partial charge in [0, 0.05) is 42.4 Å². The van der Waals surface area contributed by atoms with E-state index in [0.29, 0.717) is 24.9 Å². The molecule has 1 aromatic heterocycles. The number of para-hydroxylation sites is 1. The van der Waals surface area contributed by atoms with Crippen molar-refractivity contribution < 1.29 is 43.5 Å². The monoisotopic (exact) mass is 872 g/mol. The van der Waals surface area contributed by atoms with Crippen LogP contribution in [0.4, 0.5) is 0 Å². The van der Waals surface area contributed by atoms with Crippen LogP contribution in [0.2, 0.25) is 0 Å². The number of nitrogens with one attached hydrogen (secondary N) is 6. The van der Waals surface area contributed by atoms with Gasteiger partial charge in [0.1, 0.15) is 36.3 Å². The Balaban J connectivity index is 1.91. The number of carbonyl (C=O) groups excluding carboxylic acids is 7. The molecule has 2 aromatic rings. The van der Waals surface area contributed by atoms with Crippen LogP contribution in [-0.4, -0.2) is 129 Å². The Kier molecular flexibility index (Phi) is 18.8. The number of thiol groups is 1. The maximum atomic E-state index is 14.3. The quantitative estimate of drug-likeness (QED) is 0.0243. The van der Waals surface area contributed by atoms with E-state index in [4.69, 9.17) is 22.9 Å². The fourth-order valence-corrected chi connectivity index (χ4v) is 7.02. The van der Waals surface area contributed by atoms with Gasteiger partial charge >= 0.3 is 5.97 Å². The van der Waals surface area contributed by atoms with Crippen molar-refractivity contribution >= 4 is 76.8 Å². The predicted molar refractivity (Wildman–Crippen MR) is 229 cm³/mol. The number of hydrogen-bond acceptors (Lipinski definition) is 11. The zero-order chi connectivity index (χ0) is 45.6. The molecule has 1 aromatic carbocycles. The van der Waals surface area contributed by atoms with Gasteiger partial charge in [0.2, 0.25) is 41.4 Å². The molecule has 0 saturated carbocycles. The first-order valence-corrected chi connectivity index (χ1v) is 20.7. The number of carboxylic acids is 1. The second-order valence-electron chi connectivity index (χ2n) is 15.6. The van der Waals surface area contributed by atoms with Gasteiger partial charge in [-0.3, -0.25) is 38.6 Å². The molecule has 0 unspecified atom stereocenters. The number of aliphatic carboxylic acids is 1. The highest BCUT2D eigenvalue weighted by atomic mass is 32.1. The van der Waals surface area contributed by atoms with Gasteiger partial charge in [-0.2, -0.15) is 12.6 Å². The number of nitrogens with zero attached hydrogens (tertiary/aromatic N) is 2. The lowest BCUT2D eigenvalue weighted by Gasteiger charge is -2.30. The number of H-pyrrole nitrogens is 1. The van der Waals surface area contributed by atoms with Gasteiger partial charge in [0.15, 0.2) is 5.96 Å². The van der Waals surface area contributed by atoms with Crippen molar-refractivity contribution in [2.45, 2.75) is 109 Å². The molecule has 21 nitrogen and oxygen atoms in total. The van der Waals surface area contributed by atoms with E-state index >= 15 is 0 Å². The number of carboxylic acid groups (broad SMARTS) is 1. The standard InChI is InChI=1S/C39H60N12O9S/c1-19(2)30(36(57)46-25(11-7-13-44-39(42)43)32(53)47-27(16-29(41)52)34(55)50-31(20(3)4)38(59)60)49-33(54)26(15-21-17-45-24-10-6-5-9-22(21)24)48-35(56)28-12-8-14-51(28)37(58)23(40)18-61/h5-6,9-10,17,19-20,23,25-28,30-31,45,61H,7-8,11-16,18,40H2,1-4H3,(H2,41,52)(H,46,57)(H,47,53)(H,48,56)(H,49,54)(H,50,55)(H,59,60)(H4,42,43,44)/t23-,25-,26-,27-,28-,30-,31-/m0/s1. The minimum absolute atomic E-state index is 0.0104. The van der Waals surface area contributed by atoms with E-state index in [-0.39, 0.29) is 37.5 Å². The third kappa shape index (κ3) is 14.4. The lowest BCUT2D eigenvalue weighted by Crippen LogP contribution is -2.61. The molecule has 15 N–H and O–H groups in total. The third-order valence-corrected chi connectivity index (χ3v) is 10.6. The van der Waals surface area contributed by atoms with Crippen LogP contribution in [0, 0.1) is 11.8 Å². The molecule has 0 bridgehead atoms. The SMILES string of the molecule is CC(C)[C@H](NC(=O)[C@H](CC(N)=O)NC(=O)[C@H](CCCN=C(N)N)NC(=O)[C@@H](NC(=O)[C@H](Cc1c[nH]c2ccccc12)NC(=O)[C@@H]1CCCN1C(=O)[C@@H](N)CS)C(C)C)C(=O)O. The maximum absolute atomic E-state index is 14.3. The van der Waals surface area contributed by atoms with Crippen molar-refractivity contribution in [1.29, 1.82) is 0 Å². The Bertz CT molecular complexity index is 1940. The van der Waals surface area contributed by atoms with Crippen molar-refractivity contribution in [3.05, 3.63) is 36.0 Å². The summed E-state index contributed by atoms with van der Waals surface area (Å²) in [6, 6.07) is -1.36. The van der Waals surface area contributed by atoms with Gasteiger partial charge in [-0.1, -0.05) is 45.9 Å². The highest BCUT2D eigenvalue weighted by molar-refractivity contribution is 7.80. The normalized spacial score (nSPS) is 16.7. The smallest absolute Gasteiger partial charge is 0.326 e. The van der Waals surface area contributed by atoms with Crippen molar-refractivity contribution in [2.24, 2.45) is 39.8 Å². The largest absolute Gasteiger partial charge is 0.480 e. The van der Waals surface area contributed by atoms with Crippen LogP contribution in [0.5, 0.6) is 0 Å². The molecule has 61 heavy (non-hydrogen) atoms. The van der Waals surface area contributed by atoms with Gasteiger partial charge in [0.25, 0.3) is 0 Å². The molecular weight excluding hydrogens is 813 g/mol. The Morgan fingerprint density at radius 2 is 1.46 bits per heavy atom. The molecule has 22 heteroatoms. The zero-order valence-corrected chi connectivity index (χ0v) is 35.7. The van der Waals surface area contributed by atoms with E-state index in [1.165, 1.54) is 4.90 Å². The van der Waals surface area contributed by atoms with Crippen LogP contribution >= 0.6 is 12.6 Å². The minimum Gasteiger partial charge on any atom is -0.480 e. The molecule has 2 heterocycles.